The van der Waals surface area contributed by atoms with E-state index in [1.54, 1.807) is 7.11 Å². The number of aliphatic hydroxyl groups excluding tert-OH is 1. The molecule has 1 atom stereocenters. The smallest absolute Gasteiger partial charge is 0.320 e. The molecule has 0 aliphatic heterocycles. The van der Waals surface area contributed by atoms with Gasteiger partial charge in [-0.25, -0.2) is 8.42 Å². The minimum atomic E-state index is -3.63. The molecule has 0 heterocycles. The van der Waals surface area contributed by atoms with E-state index < -0.39 is 33.4 Å². The molecule has 0 bridgehead atoms. The molecule has 0 saturated carbocycles. The second-order valence-electron chi connectivity index (χ2n) is 3.48. The number of sulfone groups is 1. The van der Waals surface area contributed by atoms with Crippen molar-refractivity contribution in [3.63, 3.8) is 0 Å². The Labute approximate surface area is 101 Å². The van der Waals surface area contributed by atoms with Crippen molar-refractivity contribution < 1.29 is 27.8 Å². The number of nitrogens with one attached hydrogen (secondary N) is 1. The van der Waals surface area contributed by atoms with Gasteiger partial charge in [-0.15, -0.1) is 0 Å². The summed E-state index contributed by atoms with van der Waals surface area (Å²) >= 11 is 0. The van der Waals surface area contributed by atoms with E-state index in [4.69, 9.17) is 4.74 Å². The first-order valence-corrected chi connectivity index (χ1v) is 6.88. The van der Waals surface area contributed by atoms with Gasteiger partial charge in [-0.3, -0.25) is 4.79 Å². The van der Waals surface area contributed by atoms with Crippen molar-refractivity contribution in [3.05, 3.63) is 0 Å². The highest BCUT2D eigenvalue weighted by atomic mass is 32.2. The monoisotopic (exact) mass is 269 g/mol. The van der Waals surface area contributed by atoms with E-state index in [0.29, 0.717) is 13.2 Å². The van der Waals surface area contributed by atoms with Crippen molar-refractivity contribution in [2.75, 3.05) is 45.4 Å². The molecule has 0 fully saturated rings. The van der Waals surface area contributed by atoms with E-state index >= 15 is 0 Å². The Hall–Kier alpha value is -0.700. The minimum absolute atomic E-state index is 0.129. The molecule has 0 aromatic rings. The summed E-state index contributed by atoms with van der Waals surface area (Å²) in [5.41, 5.74) is 0. The van der Waals surface area contributed by atoms with Gasteiger partial charge in [-0.1, -0.05) is 0 Å². The molecule has 0 amide bonds. The SMILES string of the molecule is COCCNCC(O)CS(=O)(=O)CC(=O)OC. The standard InChI is InChI=1S/C9H19NO6S/c1-15-4-3-10-5-8(11)6-17(13,14)7-9(12)16-2/h8,10-11H,3-7H2,1-2H3. The summed E-state index contributed by atoms with van der Waals surface area (Å²) in [6, 6.07) is 0. The number of esters is 1. The third-order valence-corrected chi connectivity index (χ3v) is 3.44. The molecule has 1 unspecified atom stereocenters. The van der Waals surface area contributed by atoms with Gasteiger partial charge < -0.3 is 19.9 Å². The van der Waals surface area contributed by atoms with Crippen molar-refractivity contribution in [3.8, 4) is 0 Å². The third-order valence-electron chi connectivity index (χ3n) is 1.87. The second kappa shape index (κ2) is 8.40. The Balaban J connectivity index is 3.93. The number of hydrogen-bond donors (Lipinski definition) is 2. The maximum atomic E-state index is 11.4. The van der Waals surface area contributed by atoms with E-state index in [9.17, 15) is 18.3 Å². The van der Waals surface area contributed by atoms with Gasteiger partial charge in [0, 0.05) is 20.2 Å². The van der Waals surface area contributed by atoms with Crippen LogP contribution in [0, 0.1) is 0 Å². The number of ether oxygens (including phenoxy) is 2. The quantitative estimate of drug-likeness (QED) is 0.375. The summed E-state index contributed by atoms with van der Waals surface area (Å²) < 4.78 is 31.8. The zero-order valence-electron chi connectivity index (χ0n) is 10.0. The van der Waals surface area contributed by atoms with Gasteiger partial charge in [0.05, 0.1) is 25.6 Å². The van der Waals surface area contributed by atoms with Crippen molar-refractivity contribution >= 4 is 15.8 Å². The minimum Gasteiger partial charge on any atom is -0.468 e. The molecular formula is C9H19NO6S. The Kier molecular flexibility index (Phi) is 8.05. The van der Waals surface area contributed by atoms with E-state index in [1.165, 1.54) is 0 Å². The Bertz CT molecular complexity index is 315. The normalized spacial score (nSPS) is 13.4. The molecule has 7 nitrogen and oxygen atoms in total. The molecule has 0 aliphatic carbocycles. The van der Waals surface area contributed by atoms with Crippen molar-refractivity contribution in [2.45, 2.75) is 6.10 Å². The highest BCUT2D eigenvalue weighted by Crippen LogP contribution is 1.96. The van der Waals surface area contributed by atoms with Crippen LogP contribution in [0.1, 0.15) is 0 Å². The molecule has 0 radical (unpaired) electrons. The second-order valence-corrected chi connectivity index (χ2v) is 5.59. The highest BCUT2D eigenvalue weighted by molar-refractivity contribution is 7.92. The lowest BCUT2D eigenvalue weighted by Crippen LogP contribution is -2.35. The summed E-state index contributed by atoms with van der Waals surface area (Å²) in [5, 5.41) is 12.3. The lowest BCUT2D eigenvalue weighted by molar-refractivity contribution is -0.137. The van der Waals surface area contributed by atoms with Crippen LogP contribution >= 0.6 is 0 Å². The van der Waals surface area contributed by atoms with Crippen molar-refractivity contribution in [1.82, 2.24) is 5.32 Å². The van der Waals surface area contributed by atoms with Crippen LogP contribution in [0.5, 0.6) is 0 Å². The predicted octanol–water partition coefficient (Wildman–Crippen LogP) is -1.83. The van der Waals surface area contributed by atoms with Crippen LogP contribution in [0.15, 0.2) is 0 Å². The van der Waals surface area contributed by atoms with Gasteiger partial charge >= 0.3 is 5.97 Å². The van der Waals surface area contributed by atoms with Gasteiger partial charge in [-0.05, 0) is 0 Å². The number of carbonyl (C=O) groups excluding carboxylic acids is 1. The van der Waals surface area contributed by atoms with Gasteiger partial charge in [0.2, 0.25) is 0 Å². The number of aliphatic hydroxyl groups is 1. The topological polar surface area (TPSA) is 102 Å². The zero-order valence-corrected chi connectivity index (χ0v) is 10.8. The Morgan fingerprint density at radius 3 is 2.59 bits per heavy atom. The van der Waals surface area contributed by atoms with Crippen LogP contribution in [0.3, 0.4) is 0 Å². The number of rotatable bonds is 9. The summed E-state index contributed by atoms with van der Waals surface area (Å²) in [7, 11) is -0.978. The van der Waals surface area contributed by atoms with Crippen molar-refractivity contribution in [2.24, 2.45) is 0 Å². The molecule has 0 aromatic heterocycles. The first kappa shape index (κ1) is 16.3. The van der Waals surface area contributed by atoms with E-state index in [2.05, 4.69) is 10.1 Å². The van der Waals surface area contributed by atoms with Crippen molar-refractivity contribution in [1.29, 1.82) is 0 Å². The largest absolute Gasteiger partial charge is 0.468 e. The molecule has 0 saturated heterocycles. The Morgan fingerprint density at radius 1 is 1.41 bits per heavy atom. The summed E-state index contributed by atoms with van der Waals surface area (Å²) in [4.78, 5) is 10.8. The van der Waals surface area contributed by atoms with E-state index in [-0.39, 0.29) is 6.54 Å². The molecule has 0 spiro atoms. The highest BCUT2D eigenvalue weighted by Gasteiger charge is 2.21. The number of methoxy groups -OCH3 is 2. The molecule has 0 aromatic carbocycles. The molecule has 102 valence electrons. The molecule has 2 N–H and O–H groups in total. The summed E-state index contributed by atoms with van der Waals surface area (Å²) in [6.07, 6.45) is -1.05. The summed E-state index contributed by atoms with van der Waals surface area (Å²) in [5.74, 6) is -2.01. The third kappa shape index (κ3) is 9.04. The van der Waals surface area contributed by atoms with Gasteiger partial charge in [0.1, 0.15) is 5.75 Å². The van der Waals surface area contributed by atoms with Crippen LogP contribution in [-0.2, 0) is 24.1 Å². The zero-order chi connectivity index (χ0) is 13.3. The van der Waals surface area contributed by atoms with Gasteiger partial charge in [0.25, 0.3) is 0 Å². The molecular weight excluding hydrogens is 250 g/mol. The molecule has 8 heteroatoms. The fraction of sp³-hybridized carbons (Fsp3) is 0.889. The lowest BCUT2D eigenvalue weighted by atomic mass is 10.4. The van der Waals surface area contributed by atoms with E-state index in [0.717, 1.165) is 7.11 Å². The fourth-order valence-corrected chi connectivity index (χ4v) is 2.39. The molecule has 0 aliphatic rings. The predicted molar refractivity (Wildman–Crippen MR) is 61.4 cm³/mol. The number of hydrogen-bond acceptors (Lipinski definition) is 7. The van der Waals surface area contributed by atoms with Crippen LogP contribution in [-0.4, -0.2) is 71.0 Å². The fourth-order valence-electron chi connectivity index (χ4n) is 1.09. The van der Waals surface area contributed by atoms with Crippen LogP contribution in [0.2, 0.25) is 0 Å². The molecule has 17 heavy (non-hydrogen) atoms. The maximum absolute atomic E-state index is 11.4. The van der Waals surface area contributed by atoms with Crippen LogP contribution in [0.4, 0.5) is 0 Å². The van der Waals surface area contributed by atoms with Gasteiger partial charge in [0.15, 0.2) is 9.84 Å². The van der Waals surface area contributed by atoms with E-state index in [1.807, 2.05) is 0 Å². The van der Waals surface area contributed by atoms with Gasteiger partial charge in [-0.2, -0.15) is 0 Å². The first-order chi connectivity index (χ1) is 7.91. The average Bonchev–Trinajstić information content (AvgIpc) is 2.22. The summed E-state index contributed by atoms with van der Waals surface area (Å²) in [6.45, 7) is 1.12. The Morgan fingerprint density at radius 2 is 2.06 bits per heavy atom. The average molecular weight is 269 g/mol. The maximum Gasteiger partial charge on any atom is 0.320 e. The first-order valence-electron chi connectivity index (χ1n) is 5.06. The number of carbonyl (C=O) groups is 1. The lowest BCUT2D eigenvalue weighted by Gasteiger charge is -2.11. The van der Waals surface area contributed by atoms with Crippen LogP contribution in [0.25, 0.3) is 0 Å². The molecule has 0 rings (SSSR count). The van der Waals surface area contributed by atoms with Crippen LogP contribution < -0.4 is 5.32 Å².